The van der Waals surface area contributed by atoms with Crippen LogP contribution in [0.4, 0.5) is 11.4 Å². The molecule has 0 bridgehead atoms. The third kappa shape index (κ3) is 6.55. The number of halogens is 1. The van der Waals surface area contributed by atoms with Crippen molar-refractivity contribution in [2.75, 3.05) is 56.2 Å². The molecule has 0 atom stereocenters. The van der Waals surface area contributed by atoms with Crippen molar-refractivity contribution >= 4 is 35.3 Å². The standard InChI is InChI=1S/C22H24ClN3O4.U/c1-3-30-19-7-4-17(5-8-19)26(16-27)15-22(28)25-12-10-24(11-13-25)18-6-9-20(23)21(14-18)29-2;/h4,6-9,14H,3,10-13,15H2,1-2H3;/q-2;+2. The molecule has 9 heteroatoms. The zero-order valence-corrected chi connectivity index (χ0v) is 22.5. The molecule has 1 fully saturated rings. The van der Waals surface area contributed by atoms with Crippen LogP contribution in [0.15, 0.2) is 36.4 Å². The zero-order chi connectivity index (χ0) is 21.5. The van der Waals surface area contributed by atoms with E-state index >= 15 is 0 Å². The van der Waals surface area contributed by atoms with Crippen molar-refractivity contribution < 1.29 is 50.2 Å². The summed E-state index contributed by atoms with van der Waals surface area (Å²) < 4.78 is 10.7. The number of methoxy groups -OCH3 is 1. The summed E-state index contributed by atoms with van der Waals surface area (Å²) in [5, 5.41) is 0.561. The summed E-state index contributed by atoms with van der Waals surface area (Å²) in [5.74, 6) is 1.15. The number of carbonyl (C=O) groups excluding carboxylic acids is 2. The van der Waals surface area contributed by atoms with E-state index in [0.717, 1.165) is 5.69 Å². The van der Waals surface area contributed by atoms with Gasteiger partial charge in [0.15, 0.2) is 0 Å². The number of amides is 2. The van der Waals surface area contributed by atoms with Crippen LogP contribution in [0, 0.1) is 37.2 Å². The Kier molecular flexibility index (Phi) is 10.0. The van der Waals surface area contributed by atoms with Gasteiger partial charge in [0.25, 0.3) is 0 Å². The molecule has 0 radical (unpaired) electrons. The van der Waals surface area contributed by atoms with E-state index in [2.05, 4.69) is 11.0 Å². The third-order valence-electron chi connectivity index (χ3n) is 4.91. The van der Waals surface area contributed by atoms with Crippen LogP contribution in [0.25, 0.3) is 0 Å². The number of nitrogens with zero attached hydrogens (tertiary/aromatic N) is 3. The van der Waals surface area contributed by atoms with E-state index in [0.29, 0.717) is 55.0 Å². The molecule has 0 saturated carbocycles. The van der Waals surface area contributed by atoms with Crippen LogP contribution in [0.5, 0.6) is 11.5 Å². The second kappa shape index (κ2) is 12.2. The van der Waals surface area contributed by atoms with Gasteiger partial charge in [-0.15, -0.1) is 6.07 Å². The molecule has 2 aromatic carbocycles. The number of ether oxygens (including phenoxy) is 2. The first-order valence-electron chi connectivity index (χ1n) is 9.71. The molecule has 2 aromatic rings. The SMILES string of the molecule is CCOc1c[c-]c(N([C-]=O)CC(=O)N2CCN(c3ccc(Cl)c(OC)c3)CC2)cc1.[U+2]. The normalized spacial score (nSPS) is 13.3. The van der Waals surface area contributed by atoms with Crippen molar-refractivity contribution in [2.24, 2.45) is 0 Å². The van der Waals surface area contributed by atoms with Gasteiger partial charge >= 0.3 is 31.1 Å². The summed E-state index contributed by atoms with van der Waals surface area (Å²) >= 11 is 6.09. The van der Waals surface area contributed by atoms with Crippen LogP contribution < -0.4 is 19.3 Å². The second-order valence-corrected chi connectivity index (χ2v) is 7.11. The Labute approximate surface area is 211 Å². The molecule has 31 heavy (non-hydrogen) atoms. The van der Waals surface area contributed by atoms with E-state index in [-0.39, 0.29) is 43.6 Å². The van der Waals surface area contributed by atoms with Crippen molar-refractivity contribution in [3.05, 3.63) is 47.5 Å². The maximum atomic E-state index is 12.7. The Balaban J connectivity index is 0.00000341. The molecule has 7 nitrogen and oxygen atoms in total. The Hall–Kier alpha value is -1.88. The maximum Gasteiger partial charge on any atom is 2.00 e. The molecular formula is C22H24ClN3O4U. The molecule has 3 rings (SSSR count). The van der Waals surface area contributed by atoms with Gasteiger partial charge in [0.05, 0.1) is 31.7 Å². The van der Waals surface area contributed by atoms with Crippen LogP contribution in [0.2, 0.25) is 5.02 Å². The van der Waals surface area contributed by atoms with Gasteiger partial charge in [-0.25, -0.2) is 11.8 Å². The summed E-state index contributed by atoms with van der Waals surface area (Å²) in [4.78, 5) is 29.3. The average molecular weight is 668 g/mol. The molecule has 2 amide bonds. The number of carbonyl (C=O) groups is 1. The van der Waals surface area contributed by atoms with Crippen LogP contribution in [0.3, 0.4) is 0 Å². The third-order valence-corrected chi connectivity index (χ3v) is 5.22. The predicted octanol–water partition coefficient (Wildman–Crippen LogP) is 2.77. The minimum atomic E-state index is -0.131. The van der Waals surface area contributed by atoms with Crippen LogP contribution in [-0.2, 0) is 9.59 Å². The van der Waals surface area contributed by atoms with E-state index < -0.39 is 0 Å². The van der Waals surface area contributed by atoms with E-state index in [1.807, 2.05) is 25.5 Å². The fourth-order valence-electron chi connectivity index (χ4n) is 3.29. The van der Waals surface area contributed by atoms with Gasteiger partial charge in [0.2, 0.25) is 5.91 Å². The Bertz CT molecular complexity index is 874. The van der Waals surface area contributed by atoms with Gasteiger partial charge in [-0.2, -0.15) is 6.07 Å². The number of piperazine rings is 1. The van der Waals surface area contributed by atoms with Gasteiger partial charge < -0.3 is 29.0 Å². The molecular weight excluding hydrogens is 644 g/mol. The molecule has 1 heterocycles. The Morgan fingerprint density at radius 2 is 1.97 bits per heavy atom. The van der Waals surface area contributed by atoms with Crippen molar-refractivity contribution in [1.82, 2.24) is 4.90 Å². The van der Waals surface area contributed by atoms with Crippen molar-refractivity contribution in [3.8, 4) is 11.5 Å². The van der Waals surface area contributed by atoms with Gasteiger partial charge in [-0.05, 0) is 19.1 Å². The first-order chi connectivity index (χ1) is 14.5. The molecule has 0 aliphatic carbocycles. The van der Waals surface area contributed by atoms with E-state index in [1.54, 1.807) is 36.3 Å². The molecule has 0 spiro atoms. The maximum absolute atomic E-state index is 12.7. The second-order valence-electron chi connectivity index (χ2n) is 6.71. The average Bonchev–Trinajstić information content (AvgIpc) is 2.78. The van der Waals surface area contributed by atoms with Gasteiger partial charge in [-0.1, -0.05) is 11.6 Å². The van der Waals surface area contributed by atoms with Gasteiger partial charge in [0.1, 0.15) is 5.75 Å². The molecule has 0 aromatic heterocycles. The summed E-state index contributed by atoms with van der Waals surface area (Å²) in [5.41, 5.74) is 1.48. The zero-order valence-electron chi connectivity index (χ0n) is 17.6. The van der Waals surface area contributed by atoms with Crippen LogP contribution in [0.1, 0.15) is 6.92 Å². The largest absolute Gasteiger partial charge is 2.00 e. The van der Waals surface area contributed by atoms with Crippen molar-refractivity contribution in [3.63, 3.8) is 0 Å². The smallest absolute Gasteiger partial charge is 0.551 e. The number of anilines is 2. The topological polar surface area (TPSA) is 62.3 Å². The summed E-state index contributed by atoms with van der Waals surface area (Å²) in [6.07, 6.45) is 1.82. The molecule has 0 unspecified atom stereocenters. The van der Waals surface area contributed by atoms with Gasteiger partial charge in [-0.3, -0.25) is 10.9 Å². The minimum Gasteiger partial charge on any atom is -0.551 e. The summed E-state index contributed by atoms with van der Waals surface area (Å²) in [6.45, 7) is 4.83. The molecule has 1 aliphatic rings. The quantitative estimate of drug-likeness (QED) is 0.320. The monoisotopic (exact) mass is 667 g/mol. The summed E-state index contributed by atoms with van der Waals surface area (Å²) in [7, 11) is 1.58. The fourth-order valence-corrected chi connectivity index (χ4v) is 3.48. The first-order valence-corrected chi connectivity index (χ1v) is 10.1. The van der Waals surface area contributed by atoms with E-state index in [9.17, 15) is 9.59 Å². The molecule has 1 saturated heterocycles. The van der Waals surface area contributed by atoms with E-state index in [4.69, 9.17) is 21.1 Å². The fraction of sp³-hybridized carbons (Fsp3) is 0.364. The minimum absolute atomic E-state index is 0. The first kappa shape index (κ1) is 25.4. The number of benzene rings is 2. The number of hydrogen-bond acceptors (Lipinski definition) is 5. The molecule has 0 N–H and O–H groups in total. The Morgan fingerprint density at radius 1 is 1.23 bits per heavy atom. The van der Waals surface area contributed by atoms with Gasteiger partial charge in [0, 0.05) is 43.7 Å². The van der Waals surface area contributed by atoms with Crippen LogP contribution in [-0.4, -0.2) is 63.7 Å². The van der Waals surface area contributed by atoms with E-state index in [1.165, 1.54) is 4.90 Å². The number of hydrogen-bond donors (Lipinski definition) is 0. The molecule has 162 valence electrons. The Morgan fingerprint density at radius 3 is 2.55 bits per heavy atom. The van der Waals surface area contributed by atoms with Crippen molar-refractivity contribution in [2.45, 2.75) is 6.92 Å². The van der Waals surface area contributed by atoms with Crippen LogP contribution >= 0.6 is 11.6 Å². The number of rotatable bonds is 8. The molecule has 1 aliphatic heterocycles. The predicted molar refractivity (Wildman–Crippen MR) is 116 cm³/mol. The summed E-state index contributed by atoms with van der Waals surface area (Å²) in [6, 6.07) is 13.7. The van der Waals surface area contributed by atoms with Crippen molar-refractivity contribution in [1.29, 1.82) is 0 Å².